The molecule has 5 atom stereocenters. The van der Waals surface area contributed by atoms with E-state index in [0.29, 0.717) is 19.4 Å². The van der Waals surface area contributed by atoms with Crippen molar-refractivity contribution in [3.8, 4) is 5.75 Å². The number of nitrogens with one attached hydrogen (secondary N) is 1. The average molecular weight is 523 g/mol. The Labute approximate surface area is 218 Å². The van der Waals surface area contributed by atoms with Crippen molar-refractivity contribution >= 4 is 16.0 Å². The van der Waals surface area contributed by atoms with Crippen LogP contribution in [0.5, 0.6) is 5.75 Å². The van der Waals surface area contributed by atoms with Crippen LogP contribution < -0.4 is 9.46 Å². The molecule has 196 valence electrons. The molecule has 37 heavy (non-hydrogen) atoms. The van der Waals surface area contributed by atoms with Crippen molar-refractivity contribution in [1.82, 2.24) is 9.62 Å². The molecule has 2 heterocycles. The fourth-order valence-corrected chi connectivity index (χ4v) is 9.31. The smallest absolute Gasteiger partial charge is 0.303 e. The van der Waals surface area contributed by atoms with Gasteiger partial charge in [-0.2, -0.15) is 0 Å². The van der Waals surface area contributed by atoms with E-state index in [1.165, 1.54) is 12.5 Å². The van der Waals surface area contributed by atoms with Crippen molar-refractivity contribution in [2.24, 2.45) is 0 Å². The van der Waals surface area contributed by atoms with E-state index >= 15 is 0 Å². The summed E-state index contributed by atoms with van der Waals surface area (Å²) >= 11 is 0. The summed E-state index contributed by atoms with van der Waals surface area (Å²) in [6.45, 7) is 8.87. The van der Waals surface area contributed by atoms with Gasteiger partial charge in [-0.1, -0.05) is 42.5 Å². The summed E-state index contributed by atoms with van der Waals surface area (Å²) in [5.74, 6) is 0.397. The van der Waals surface area contributed by atoms with Gasteiger partial charge in [0.2, 0.25) is 10.0 Å². The number of aryl methyl sites for hydroxylation is 1. The molecule has 0 aromatic heterocycles. The highest BCUT2D eigenvalue weighted by atomic mass is 32.2. The molecule has 0 amide bonds. The lowest BCUT2D eigenvalue weighted by molar-refractivity contribution is -0.217. The number of nitrogens with zero attached hydrogens (tertiary/aromatic N) is 1. The van der Waals surface area contributed by atoms with Crippen LogP contribution in [0.3, 0.4) is 0 Å². The van der Waals surface area contributed by atoms with Gasteiger partial charge in [0.1, 0.15) is 17.5 Å². The lowest BCUT2D eigenvalue weighted by atomic mass is 9.48. The molecule has 6 rings (SSSR count). The number of hydrogen-bond acceptors (Lipinski definition) is 6. The molecule has 1 saturated heterocycles. The summed E-state index contributed by atoms with van der Waals surface area (Å²) in [4.78, 5) is 15.0. The standard InChI is InChI=1S/C29H34N2O5S/c1-4-15-31-16-14-28-26-21-10-7-11-24(26)35-27(28)23(12-13-29(28,25(31)17-21)36-20(3)32)30-37(33,34)18-22-9-6-5-8-19(22)2/h4-11,23,25,27,30H,1,12-18H2,2-3H3/t23-,25+,27-,28-,29+/m0/s1. The number of carbonyl (C=O) groups excluding carboxylic acids is 1. The lowest BCUT2D eigenvalue weighted by Crippen LogP contribution is -2.79. The van der Waals surface area contributed by atoms with E-state index in [-0.39, 0.29) is 17.8 Å². The van der Waals surface area contributed by atoms with Crippen LogP contribution >= 0.6 is 0 Å². The molecular formula is C29H34N2O5S. The van der Waals surface area contributed by atoms with Crippen molar-refractivity contribution in [3.05, 3.63) is 77.4 Å². The Morgan fingerprint density at radius 3 is 2.81 bits per heavy atom. The summed E-state index contributed by atoms with van der Waals surface area (Å²) in [6, 6.07) is 13.2. The van der Waals surface area contributed by atoms with Gasteiger partial charge in [0.15, 0.2) is 0 Å². The molecule has 4 aliphatic rings. The first kappa shape index (κ1) is 24.6. The maximum Gasteiger partial charge on any atom is 0.303 e. The highest BCUT2D eigenvalue weighted by molar-refractivity contribution is 7.88. The largest absolute Gasteiger partial charge is 0.487 e. The van der Waals surface area contributed by atoms with Crippen LogP contribution in [-0.2, 0) is 37.1 Å². The fourth-order valence-electron chi connectivity index (χ4n) is 7.79. The zero-order valence-electron chi connectivity index (χ0n) is 21.4. The molecule has 2 aromatic carbocycles. The number of rotatable bonds is 7. The normalized spacial score (nSPS) is 31.8. The minimum absolute atomic E-state index is 0.0281. The monoisotopic (exact) mass is 522 g/mol. The number of ether oxygens (including phenoxy) is 2. The number of carbonyl (C=O) groups is 1. The first-order valence-electron chi connectivity index (χ1n) is 13.1. The number of sulfonamides is 1. The number of hydrogen-bond donors (Lipinski definition) is 1. The molecule has 2 aromatic rings. The molecule has 1 saturated carbocycles. The van der Waals surface area contributed by atoms with E-state index in [4.69, 9.17) is 9.47 Å². The summed E-state index contributed by atoms with van der Waals surface area (Å²) in [7, 11) is -3.65. The van der Waals surface area contributed by atoms with Crippen LogP contribution in [0, 0.1) is 6.92 Å². The van der Waals surface area contributed by atoms with E-state index in [1.54, 1.807) is 0 Å². The van der Waals surface area contributed by atoms with Gasteiger partial charge in [-0.3, -0.25) is 9.69 Å². The van der Waals surface area contributed by atoms with Crippen LogP contribution in [0.4, 0.5) is 0 Å². The molecule has 0 radical (unpaired) electrons. The van der Waals surface area contributed by atoms with Gasteiger partial charge < -0.3 is 9.47 Å². The van der Waals surface area contributed by atoms with E-state index in [2.05, 4.69) is 22.3 Å². The molecular weight excluding hydrogens is 488 g/mol. The van der Waals surface area contributed by atoms with Gasteiger partial charge in [-0.15, -0.1) is 6.58 Å². The number of esters is 1. The quantitative estimate of drug-likeness (QED) is 0.443. The molecule has 1 spiro atoms. The topological polar surface area (TPSA) is 84.9 Å². The Balaban J connectivity index is 1.43. The van der Waals surface area contributed by atoms with Crippen molar-refractivity contribution in [2.75, 3.05) is 13.1 Å². The molecule has 8 heteroatoms. The van der Waals surface area contributed by atoms with Gasteiger partial charge in [-0.05, 0) is 55.4 Å². The second kappa shape index (κ2) is 8.68. The Hall–Kier alpha value is -2.68. The molecule has 7 nitrogen and oxygen atoms in total. The molecule has 0 unspecified atom stereocenters. The molecule has 2 bridgehead atoms. The van der Waals surface area contributed by atoms with Gasteiger partial charge in [-0.25, -0.2) is 13.1 Å². The summed E-state index contributed by atoms with van der Waals surface area (Å²) in [6.07, 6.45) is 4.00. The van der Waals surface area contributed by atoms with Crippen molar-refractivity contribution < 1.29 is 22.7 Å². The molecule has 2 fully saturated rings. The van der Waals surface area contributed by atoms with Crippen LogP contribution in [0.25, 0.3) is 0 Å². The van der Waals surface area contributed by atoms with Crippen molar-refractivity contribution in [1.29, 1.82) is 0 Å². The third-order valence-corrected chi connectivity index (χ3v) is 10.4. The Kier molecular flexibility index (Phi) is 5.78. The Bertz CT molecular complexity index is 1370. The van der Waals surface area contributed by atoms with Gasteiger partial charge in [0.25, 0.3) is 0 Å². The predicted octanol–water partition coefficient (Wildman–Crippen LogP) is 3.39. The fraction of sp³-hybridized carbons (Fsp3) is 0.483. The van der Waals surface area contributed by atoms with Crippen LogP contribution in [0.1, 0.15) is 48.4 Å². The van der Waals surface area contributed by atoms with E-state index < -0.39 is 33.2 Å². The van der Waals surface area contributed by atoms with Gasteiger partial charge in [0, 0.05) is 25.6 Å². The SMILES string of the molecule is C=CCN1CC[C@]23c4c5cccc4O[C@H]2[C@@H](NS(=O)(=O)Cc2ccccc2C)CC[C@@]3(OC(C)=O)[C@H]1C5. The van der Waals surface area contributed by atoms with Crippen molar-refractivity contribution in [2.45, 2.75) is 74.5 Å². The van der Waals surface area contributed by atoms with Crippen molar-refractivity contribution in [3.63, 3.8) is 0 Å². The minimum Gasteiger partial charge on any atom is -0.487 e. The Morgan fingerprint density at radius 2 is 2.05 bits per heavy atom. The minimum atomic E-state index is -3.65. The number of benzene rings is 2. The lowest BCUT2D eigenvalue weighted by Gasteiger charge is -2.65. The third kappa shape index (κ3) is 3.60. The zero-order valence-corrected chi connectivity index (χ0v) is 22.2. The predicted molar refractivity (Wildman–Crippen MR) is 141 cm³/mol. The first-order valence-corrected chi connectivity index (χ1v) is 14.7. The maximum absolute atomic E-state index is 13.4. The van der Waals surface area contributed by atoms with E-state index in [9.17, 15) is 13.2 Å². The zero-order chi connectivity index (χ0) is 26.0. The van der Waals surface area contributed by atoms with E-state index in [0.717, 1.165) is 41.8 Å². The second-order valence-corrected chi connectivity index (χ2v) is 12.7. The molecule has 2 aliphatic carbocycles. The van der Waals surface area contributed by atoms with Crippen LogP contribution in [0.15, 0.2) is 55.1 Å². The summed E-state index contributed by atoms with van der Waals surface area (Å²) in [5, 5.41) is 0. The average Bonchev–Trinajstić information content (AvgIpc) is 3.18. The Morgan fingerprint density at radius 1 is 1.24 bits per heavy atom. The third-order valence-electron chi connectivity index (χ3n) is 9.06. The van der Waals surface area contributed by atoms with E-state index in [1.807, 2.05) is 49.4 Å². The summed E-state index contributed by atoms with van der Waals surface area (Å²) in [5.41, 5.74) is 2.64. The first-order chi connectivity index (χ1) is 17.7. The summed E-state index contributed by atoms with van der Waals surface area (Å²) < 4.78 is 43.0. The molecule has 2 aliphatic heterocycles. The highest BCUT2D eigenvalue weighted by Crippen LogP contribution is 2.65. The number of likely N-dealkylation sites (tertiary alicyclic amines) is 1. The van der Waals surface area contributed by atoms with Crippen LogP contribution in [-0.4, -0.2) is 56.2 Å². The van der Waals surface area contributed by atoms with Gasteiger partial charge >= 0.3 is 5.97 Å². The highest BCUT2D eigenvalue weighted by Gasteiger charge is 2.74. The van der Waals surface area contributed by atoms with Gasteiger partial charge in [0.05, 0.1) is 23.3 Å². The second-order valence-electron chi connectivity index (χ2n) is 11.0. The number of piperidine rings is 1. The van der Waals surface area contributed by atoms with Crippen LogP contribution in [0.2, 0.25) is 0 Å². The maximum atomic E-state index is 13.4. The molecule has 1 N–H and O–H groups in total.